The molecule has 2 saturated carbocycles. The number of nitrogens with one attached hydrogen (secondary N) is 1. The monoisotopic (exact) mass is 226 g/mol. The maximum absolute atomic E-state index is 5.39. The van der Waals surface area contributed by atoms with Gasteiger partial charge in [-0.15, -0.1) is 0 Å². The minimum absolute atomic E-state index is 0.976. The summed E-state index contributed by atoms with van der Waals surface area (Å²) in [7, 11) is 0. The number of rotatable bonds is 4. The lowest BCUT2D eigenvalue weighted by atomic mass is 9.95. The molecule has 0 unspecified atom stereocenters. The first-order chi connectivity index (χ1) is 7.92. The molecule has 0 aromatic heterocycles. The highest BCUT2D eigenvalue weighted by Crippen LogP contribution is 2.42. The highest BCUT2D eigenvalue weighted by atomic mass is 16.5. The van der Waals surface area contributed by atoms with E-state index in [9.17, 15) is 0 Å². The standard InChI is InChI=1S/C13H24N2O/c1-2-12-9-11(1)10-13(12)14-3-4-15-5-7-16-8-6-15/h11-14H,1-10H2/p+2/t11-,12+,13-/m0/s1. The second-order valence-corrected chi connectivity index (χ2v) is 5.98. The van der Waals surface area contributed by atoms with Crippen LogP contribution in [0.25, 0.3) is 0 Å². The molecule has 92 valence electrons. The van der Waals surface area contributed by atoms with Crippen molar-refractivity contribution in [3.8, 4) is 0 Å². The first kappa shape index (κ1) is 11.0. The van der Waals surface area contributed by atoms with E-state index in [0.29, 0.717) is 0 Å². The smallest absolute Gasteiger partial charge is 0.127 e. The van der Waals surface area contributed by atoms with Crippen molar-refractivity contribution in [3.63, 3.8) is 0 Å². The van der Waals surface area contributed by atoms with Gasteiger partial charge in [-0.2, -0.15) is 0 Å². The summed E-state index contributed by atoms with van der Waals surface area (Å²) in [5.41, 5.74) is 0. The highest BCUT2D eigenvalue weighted by molar-refractivity contribution is 4.89. The third-order valence-electron chi connectivity index (χ3n) is 4.96. The van der Waals surface area contributed by atoms with Gasteiger partial charge in [0.05, 0.1) is 19.3 Å². The molecule has 3 atom stereocenters. The van der Waals surface area contributed by atoms with E-state index in [-0.39, 0.29) is 0 Å². The first-order valence-electron chi connectivity index (χ1n) is 7.16. The van der Waals surface area contributed by atoms with Crippen LogP contribution in [0.2, 0.25) is 0 Å². The van der Waals surface area contributed by atoms with Crippen LogP contribution in [0, 0.1) is 11.8 Å². The van der Waals surface area contributed by atoms with E-state index in [1.165, 1.54) is 45.4 Å². The van der Waals surface area contributed by atoms with Gasteiger partial charge in [-0.05, 0) is 25.2 Å². The predicted octanol–water partition coefficient (Wildman–Crippen LogP) is -1.35. The number of hydrogen-bond donors (Lipinski definition) is 2. The third-order valence-corrected chi connectivity index (χ3v) is 4.96. The predicted molar refractivity (Wildman–Crippen MR) is 62.4 cm³/mol. The van der Waals surface area contributed by atoms with Gasteiger partial charge in [0.2, 0.25) is 0 Å². The number of nitrogens with two attached hydrogens (primary N) is 1. The van der Waals surface area contributed by atoms with Gasteiger partial charge in [0.1, 0.15) is 26.2 Å². The van der Waals surface area contributed by atoms with Crippen LogP contribution in [0.15, 0.2) is 0 Å². The fourth-order valence-electron chi connectivity index (χ4n) is 3.99. The van der Waals surface area contributed by atoms with E-state index < -0.39 is 0 Å². The summed E-state index contributed by atoms with van der Waals surface area (Å²) >= 11 is 0. The Hall–Kier alpha value is -0.120. The molecule has 3 N–H and O–H groups in total. The van der Waals surface area contributed by atoms with Gasteiger partial charge in [-0.3, -0.25) is 0 Å². The van der Waals surface area contributed by atoms with E-state index >= 15 is 0 Å². The number of ether oxygens (including phenoxy) is 1. The molecule has 0 amide bonds. The van der Waals surface area contributed by atoms with Gasteiger partial charge in [-0.25, -0.2) is 0 Å². The number of quaternary nitrogens is 2. The first-order valence-corrected chi connectivity index (χ1v) is 7.16. The largest absolute Gasteiger partial charge is 0.370 e. The minimum atomic E-state index is 0.976. The quantitative estimate of drug-likeness (QED) is 0.610. The molecule has 0 aromatic rings. The van der Waals surface area contributed by atoms with Crippen molar-refractivity contribution in [1.29, 1.82) is 0 Å². The second-order valence-electron chi connectivity index (χ2n) is 5.98. The van der Waals surface area contributed by atoms with E-state index in [4.69, 9.17) is 4.74 Å². The molecular weight excluding hydrogens is 200 g/mol. The SMILES string of the molecule is C(C[NH+]1CCOCC1)[NH2+][C@H]1C[C@H]2CC[C@@H]1C2. The Balaban J connectivity index is 1.34. The van der Waals surface area contributed by atoms with E-state index in [0.717, 1.165) is 31.1 Å². The van der Waals surface area contributed by atoms with Crippen LogP contribution < -0.4 is 10.2 Å². The highest BCUT2D eigenvalue weighted by Gasteiger charge is 2.41. The molecular formula is C13H26N2O+2. The third kappa shape index (κ3) is 2.41. The summed E-state index contributed by atoms with van der Waals surface area (Å²) in [4.78, 5) is 1.76. The summed E-state index contributed by atoms with van der Waals surface area (Å²) in [6, 6.07) is 0.985. The Morgan fingerprint density at radius 2 is 2.00 bits per heavy atom. The lowest BCUT2D eigenvalue weighted by molar-refractivity contribution is -0.921. The summed E-state index contributed by atoms with van der Waals surface area (Å²) in [5.74, 6) is 2.17. The van der Waals surface area contributed by atoms with Crippen molar-refractivity contribution in [2.24, 2.45) is 11.8 Å². The molecule has 0 spiro atoms. The zero-order valence-electron chi connectivity index (χ0n) is 10.3. The average Bonchev–Trinajstić information content (AvgIpc) is 2.92. The lowest BCUT2D eigenvalue weighted by Gasteiger charge is -2.25. The van der Waals surface area contributed by atoms with Crippen LogP contribution in [0.5, 0.6) is 0 Å². The number of hydrogen-bond acceptors (Lipinski definition) is 1. The molecule has 0 radical (unpaired) electrons. The molecule has 3 rings (SSSR count). The van der Waals surface area contributed by atoms with Crippen LogP contribution in [0.4, 0.5) is 0 Å². The molecule has 3 aliphatic rings. The van der Waals surface area contributed by atoms with Crippen LogP contribution in [0.1, 0.15) is 25.7 Å². The molecule has 1 saturated heterocycles. The lowest BCUT2D eigenvalue weighted by Crippen LogP contribution is -3.16. The van der Waals surface area contributed by atoms with Gasteiger partial charge in [0.15, 0.2) is 0 Å². The van der Waals surface area contributed by atoms with E-state index in [1.807, 2.05) is 0 Å². The number of morpholine rings is 1. The zero-order chi connectivity index (χ0) is 10.8. The van der Waals surface area contributed by atoms with Crippen molar-refractivity contribution in [2.45, 2.75) is 31.7 Å². The van der Waals surface area contributed by atoms with Crippen LogP contribution in [-0.4, -0.2) is 45.4 Å². The van der Waals surface area contributed by atoms with Gasteiger partial charge in [0, 0.05) is 12.3 Å². The average molecular weight is 226 g/mol. The Labute approximate surface area is 98.5 Å². The van der Waals surface area contributed by atoms with Gasteiger partial charge in [0.25, 0.3) is 0 Å². The molecule has 3 nitrogen and oxygen atoms in total. The van der Waals surface area contributed by atoms with Gasteiger partial charge >= 0.3 is 0 Å². The molecule has 3 heteroatoms. The number of fused-ring (bicyclic) bond motifs is 2. The Morgan fingerprint density at radius 3 is 2.69 bits per heavy atom. The van der Waals surface area contributed by atoms with Crippen LogP contribution in [-0.2, 0) is 4.74 Å². The molecule has 16 heavy (non-hydrogen) atoms. The van der Waals surface area contributed by atoms with Crippen molar-refractivity contribution in [2.75, 3.05) is 39.4 Å². The normalized spacial score (nSPS) is 39.4. The van der Waals surface area contributed by atoms with Crippen molar-refractivity contribution >= 4 is 0 Å². The summed E-state index contributed by atoms with van der Waals surface area (Å²) in [6.07, 6.45) is 6.12. The summed E-state index contributed by atoms with van der Waals surface area (Å²) in [6.45, 7) is 7.09. The van der Waals surface area contributed by atoms with Crippen molar-refractivity contribution in [3.05, 3.63) is 0 Å². The maximum Gasteiger partial charge on any atom is 0.127 e. The summed E-state index contributed by atoms with van der Waals surface area (Å²) < 4.78 is 5.39. The molecule has 2 aliphatic carbocycles. The fourth-order valence-corrected chi connectivity index (χ4v) is 3.99. The van der Waals surface area contributed by atoms with Gasteiger partial charge in [-0.1, -0.05) is 0 Å². The van der Waals surface area contributed by atoms with Crippen LogP contribution >= 0.6 is 0 Å². The van der Waals surface area contributed by atoms with E-state index in [2.05, 4.69) is 5.32 Å². The summed E-state index contributed by atoms with van der Waals surface area (Å²) in [5, 5.41) is 2.66. The molecule has 1 heterocycles. The molecule has 2 bridgehead atoms. The van der Waals surface area contributed by atoms with Crippen molar-refractivity contribution in [1.82, 2.24) is 0 Å². The zero-order valence-corrected chi connectivity index (χ0v) is 10.3. The maximum atomic E-state index is 5.39. The molecule has 1 aliphatic heterocycles. The van der Waals surface area contributed by atoms with Gasteiger partial charge < -0.3 is 15.0 Å². The van der Waals surface area contributed by atoms with E-state index in [1.54, 1.807) is 11.3 Å². The second kappa shape index (κ2) is 5.03. The Bertz CT molecular complexity index is 228. The topological polar surface area (TPSA) is 30.3 Å². The molecule has 0 aromatic carbocycles. The van der Waals surface area contributed by atoms with Crippen molar-refractivity contribution < 1.29 is 15.0 Å². The molecule has 3 fully saturated rings. The fraction of sp³-hybridized carbons (Fsp3) is 1.00. The Kier molecular flexibility index (Phi) is 3.46. The minimum Gasteiger partial charge on any atom is -0.370 e. The van der Waals surface area contributed by atoms with Crippen LogP contribution in [0.3, 0.4) is 0 Å². The Morgan fingerprint density at radius 1 is 1.12 bits per heavy atom.